The van der Waals surface area contributed by atoms with E-state index in [4.69, 9.17) is 15.2 Å². The molecule has 0 radical (unpaired) electrons. The number of likely N-dealkylation sites (tertiary alicyclic amines) is 1. The molecule has 0 aromatic heterocycles. The molecule has 1 aliphatic heterocycles. The summed E-state index contributed by atoms with van der Waals surface area (Å²) in [5, 5.41) is 2.57. The molecule has 1 aliphatic rings. The van der Waals surface area contributed by atoms with Gasteiger partial charge < -0.3 is 20.5 Å². The van der Waals surface area contributed by atoms with Crippen molar-refractivity contribution < 1.29 is 28.7 Å². The predicted molar refractivity (Wildman–Crippen MR) is 108 cm³/mol. The number of rotatable bonds is 9. The Hall–Kier alpha value is -3.10. The third-order valence-electron chi connectivity index (χ3n) is 4.93. The molecule has 0 bridgehead atoms. The molecule has 0 unspecified atom stereocenters. The standard InChI is InChI=1S/C21H29N3O6/c1-3-29-20(27)14(2)12-16(18(22)25)23-19(26)17-10-7-11-24(17)21(28)30-13-15-8-5-4-6-9-15/h4-6,8-9,14,16-17H,3,7,10-13H2,1-2H3,(H2,22,25)(H,23,26)/t14-,16+,17-/m1/s1. The average Bonchev–Trinajstić information content (AvgIpc) is 3.22. The van der Waals surface area contributed by atoms with E-state index in [9.17, 15) is 19.2 Å². The number of nitrogens with two attached hydrogens (primary N) is 1. The molecule has 1 heterocycles. The van der Waals surface area contributed by atoms with Crippen LogP contribution < -0.4 is 11.1 Å². The SMILES string of the molecule is CCOC(=O)[C@H](C)C[C@H](NC(=O)[C@H]1CCCN1C(=O)OCc1ccccc1)C(N)=O. The Morgan fingerprint density at radius 2 is 1.90 bits per heavy atom. The fourth-order valence-electron chi connectivity index (χ4n) is 3.31. The highest BCUT2D eigenvalue weighted by Crippen LogP contribution is 2.20. The molecular weight excluding hydrogens is 390 g/mol. The number of hydrogen-bond acceptors (Lipinski definition) is 6. The number of benzene rings is 1. The largest absolute Gasteiger partial charge is 0.466 e. The number of amides is 3. The summed E-state index contributed by atoms with van der Waals surface area (Å²) in [5.41, 5.74) is 6.24. The van der Waals surface area contributed by atoms with Crippen molar-refractivity contribution in [1.29, 1.82) is 0 Å². The molecule has 3 N–H and O–H groups in total. The summed E-state index contributed by atoms with van der Waals surface area (Å²) in [4.78, 5) is 50.2. The van der Waals surface area contributed by atoms with Crippen molar-refractivity contribution in [2.45, 2.75) is 51.8 Å². The van der Waals surface area contributed by atoms with Crippen LogP contribution in [0.3, 0.4) is 0 Å². The Morgan fingerprint density at radius 3 is 2.53 bits per heavy atom. The zero-order valence-corrected chi connectivity index (χ0v) is 17.3. The number of nitrogens with one attached hydrogen (secondary N) is 1. The molecule has 0 saturated carbocycles. The van der Waals surface area contributed by atoms with Crippen molar-refractivity contribution in [2.75, 3.05) is 13.2 Å². The lowest BCUT2D eigenvalue weighted by Crippen LogP contribution is -2.53. The summed E-state index contributed by atoms with van der Waals surface area (Å²) < 4.78 is 10.2. The van der Waals surface area contributed by atoms with Crippen LogP contribution in [0.15, 0.2) is 30.3 Å². The molecule has 1 aromatic rings. The van der Waals surface area contributed by atoms with Gasteiger partial charge in [-0.2, -0.15) is 0 Å². The van der Waals surface area contributed by atoms with E-state index in [1.54, 1.807) is 13.8 Å². The molecular formula is C21H29N3O6. The summed E-state index contributed by atoms with van der Waals surface area (Å²) in [6.07, 6.45) is 0.516. The highest BCUT2D eigenvalue weighted by molar-refractivity contribution is 5.91. The molecule has 164 valence electrons. The molecule has 3 atom stereocenters. The van der Waals surface area contributed by atoms with Gasteiger partial charge in [0, 0.05) is 6.54 Å². The normalized spacial score (nSPS) is 17.7. The topological polar surface area (TPSA) is 128 Å². The molecule has 3 amide bonds. The van der Waals surface area contributed by atoms with E-state index < -0.39 is 41.9 Å². The fourth-order valence-corrected chi connectivity index (χ4v) is 3.31. The third kappa shape index (κ3) is 6.47. The van der Waals surface area contributed by atoms with Gasteiger partial charge in [-0.3, -0.25) is 19.3 Å². The van der Waals surface area contributed by atoms with Crippen molar-refractivity contribution in [3.63, 3.8) is 0 Å². The second-order valence-electron chi connectivity index (χ2n) is 7.24. The summed E-state index contributed by atoms with van der Waals surface area (Å²) in [6, 6.07) is 7.43. The van der Waals surface area contributed by atoms with Crippen LogP contribution in [0.25, 0.3) is 0 Å². The van der Waals surface area contributed by atoms with Crippen molar-refractivity contribution in [2.24, 2.45) is 11.7 Å². The van der Waals surface area contributed by atoms with E-state index in [0.29, 0.717) is 19.4 Å². The summed E-state index contributed by atoms with van der Waals surface area (Å²) in [6.45, 7) is 3.99. The maximum atomic E-state index is 12.7. The monoisotopic (exact) mass is 419 g/mol. The van der Waals surface area contributed by atoms with Crippen LogP contribution in [-0.4, -0.2) is 54.0 Å². The first-order valence-electron chi connectivity index (χ1n) is 10.1. The van der Waals surface area contributed by atoms with Crippen LogP contribution in [-0.2, 0) is 30.5 Å². The summed E-state index contributed by atoms with van der Waals surface area (Å²) in [7, 11) is 0. The van der Waals surface area contributed by atoms with Crippen LogP contribution in [0.4, 0.5) is 4.79 Å². The van der Waals surface area contributed by atoms with Gasteiger partial charge in [-0.25, -0.2) is 4.79 Å². The lowest BCUT2D eigenvalue weighted by Gasteiger charge is -2.26. The Bertz CT molecular complexity index is 754. The number of carbonyl (C=O) groups excluding carboxylic acids is 4. The molecule has 30 heavy (non-hydrogen) atoms. The maximum Gasteiger partial charge on any atom is 0.410 e. The van der Waals surface area contributed by atoms with Crippen LogP contribution in [0.1, 0.15) is 38.7 Å². The van der Waals surface area contributed by atoms with Crippen molar-refractivity contribution in [3.8, 4) is 0 Å². The lowest BCUT2D eigenvalue weighted by molar-refractivity contribution is -0.148. The first kappa shape index (κ1) is 23.2. The van der Waals surface area contributed by atoms with Gasteiger partial charge in [-0.05, 0) is 31.7 Å². The smallest absolute Gasteiger partial charge is 0.410 e. The first-order chi connectivity index (χ1) is 14.3. The molecule has 9 heteroatoms. The van der Waals surface area contributed by atoms with E-state index >= 15 is 0 Å². The Morgan fingerprint density at radius 1 is 1.20 bits per heavy atom. The number of primary amides is 1. The Balaban J connectivity index is 1.94. The van der Waals surface area contributed by atoms with E-state index in [-0.39, 0.29) is 19.6 Å². The van der Waals surface area contributed by atoms with E-state index in [2.05, 4.69) is 5.32 Å². The van der Waals surface area contributed by atoms with Crippen molar-refractivity contribution >= 4 is 23.9 Å². The van der Waals surface area contributed by atoms with E-state index in [1.807, 2.05) is 30.3 Å². The quantitative estimate of drug-likeness (QED) is 0.582. The first-order valence-corrected chi connectivity index (χ1v) is 10.1. The van der Waals surface area contributed by atoms with E-state index in [0.717, 1.165) is 5.56 Å². The van der Waals surface area contributed by atoms with Gasteiger partial charge in [-0.1, -0.05) is 37.3 Å². The minimum absolute atomic E-state index is 0.0189. The number of hydrogen-bond donors (Lipinski definition) is 2. The number of carbonyl (C=O) groups is 4. The zero-order chi connectivity index (χ0) is 22.1. The van der Waals surface area contributed by atoms with Crippen LogP contribution in [0, 0.1) is 5.92 Å². The zero-order valence-electron chi connectivity index (χ0n) is 17.3. The van der Waals surface area contributed by atoms with Crippen LogP contribution >= 0.6 is 0 Å². The number of nitrogens with zero attached hydrogens (tertiary/aromatic N) is 1. The fraction of sp³-hybridized carbons (Fsp3) is 0.524. The van der Waals surface area contributed by atoms with E-state index in [1.165, 1.54) is 4.90 Å². The molecule has 9 nitrogen and oxygen atoms in total. The van der Waals surface area contributed by atoms with Gasteiger partial charge in [0.15, 0.2) is 0 Å². The predicted octanol–water partition coefficient (Wildman–Crippen LogP) is 1.35. The molecule has 1 saturated heterocycles. The summed E-state index contributed by atoms with van der Waals surface area (Å²) >= 11 is 0. The number of ether oxygens (including phenoxy) is 2. The third-order valence-corrected chi connectivity index (χ3v) is 4.93. The van der Waals surface area contributed by atoms with Crippen LogP contribution in [0.5, 0.6) is 0 Å². The second kappa shape index (κ2) is 11.2. The summed E-state index contributed by atoms with van der Waals surface area (Å²) in [5.74, 6) is -2.33. The van der Waals surface area contributed by atoms with Gasteiger partial charge in [0.2, 0.25) is 11.8 Å². The number of esters is 1. The van der Waals surface area contributed by atoms with Crippen molar-refractivity contribution in [3.05, 3.63) is 35.9 Å². The molecule has 1 fully saturated rings. The second-order valence-corrected chi connectivity index (χ2v) is 7.24. The maximum absolute atomic E-state index is 12.7. The van der Waals surface area contributed by atoms with Crippen molar-refractivity contribution in [1.82, 2.24) is 10.2 Å². The molecule has 1 aromatic carbocycles. The van der Waals surface area contributed by atoms with Gasteiger partial charge in [0.1, 0.15) is 18.7 Å². The highest BCUT2D eigenvalue weighted by Gasteiger charge is 2.37. The minimum Gasteiger partial charge on any atom is -0.466 e. The molecule has 0 spiro atoms. The Kier molecular flexibility index (Phi) is 8.64. The Labute approximate surface area is 175 Å². The minimum atomic E-state index is -1.04. The van der Waals surface area contributed by atoms with Gasteiger partial charge in [0.05, 0.1) is 12.5 Å². The molecule has 0 aliphatic carbocycles. The molecule has 2 rings (SSSR count). The van der Waals surface area contributed by atoms with Gasteiger partial charge >= 0.3 is 12.1 Å². The highest BCUT2D eigenvalue weighted by atomic mass is 16.6. The van der Waals surface area contributed by atoms with Gasteiger partial charge in [-0.15, -0.1) is 0 Å². The van der Waals surface area contributed by atoms with Gasteiger partial charge in [0.25, 0.3) is 0 Å². The van der Waals surface area contributed by atoms with Crippen LogP contribution in [0.2, 0.25) is 0 Å². The lowest BCUT2D eigenvalue weighted by atomic mass is 10.0. The average molecular weight is 419 g/mol.